The predicted molar refractivity (Wildman–Crippen MR) is 75.1 cm³/mol. The van der Waals surface area contributed by atoms with Gasteiger partial charge in [-0.3, -0.25) is 0 Å². The van der Waals surface area contributed by atoms with Gasteiger partial charge in [0.15, 0.2) is 0 Å². The van der Waals surface area contributed by atoms with Crippen molar-refractivity contribution >= 4 is 10.0 Å². The van der Waals surface area contributed by atoms with E-state index < -0.39 is 10.0 Å². The fourth-order valence-corrected chi connectivity index (χ4v) is 3.13. The Morgan fingerprint density at radius 3 is 2.75 bits per heavy atom. The molecule has 1 aromatic carbocycles. The highest BCUT2D eigenvalue weighted by Gasteiger charge is 2.17. The van der Waals surface area contributed by atoms with Crippen LogP contribution in [-0.2, 0) is 23.1 Å². The van der Waals surface area contributed by atoms with Crippen molar-refractivity contribution in [2.75, 3.05) is 0 Å². The lowest BCUT2D eigenvalue weighted by molar-refractivity contribution is 0.579. The van der Waals surface area contributed by atoms with Crippen LogP contribution >= 0.6 is 0 Å². The lowest BCUT2D eigenvalue weighted by atomic mass is 10.1. The van der Waals surface area contributed by atoms with Gasteiger partial charge in [0.2, 0.25) is 10.0 Å². The molecule has 0 saturated heterocycles. The lowest BCUT2D eigenvalue weighted by Crippen LogP contribution is -2.25. The number of rotatable bonds is 5. The standard InChI is InChI=1S/C13H16N4O2S/c1-10-11(7-14)3-2-4-13(10)20(18,19)17-8-12-5-6-15-9-16-12/h2-6,9,17H,7-8,14H2,1H3. The predicted octanol–water partition coefficient (Wildman–Crippen LogP) is 0.722. The second-order valence-corrected chi connectivity index (χ2v) is 6.01. The monoisotopic (exact) mass is 292 g/mol. The van der Waals surface area contributed by atoms with E-state index in [0.717, 1.165) is 5.56 Å². The Balaban J connectivity index is 2.23. The zero-order valence-electron chi connectivity index (χ0n) is 11.1. The van der Waals surface area contributed by atoms with Crippen LogP contribution in [0.1, 0.15) is 16.8 Å². The number of aromatic nitrogens is 2. The van der Waals surface area contributed by atoms with Gasteiger partial charge >= 0.3 is 0 Å². The highest BCUT2D eigenvalue weighted by Crippen LogP contribution is 2.18. The smallest absolute Gasteiger partial charge is 0.241 e. The summed E-state index contributed by atoms with van der Waals surface area (Å²) >= 11 is 0. The number of benzene rings is 1. The molecule has 2 aromatic rings. The average Bonchev–Trinajstić information content (AvgIpc) is 2.46. The maximum absolute atomic E-state index is 12.3. The molecule has 1 heterocycles. The Hall–Kier alpha value is -1.83. The molecule has 0 aliphatic carbocycles. The molecule has 0 fully saturated rings. The summed E-state index contributed by atoms with van der Waals surface area (Å²) in [5.74, 6) is 0. The van der Waals surface area contributed by atoms with Crippen molar-refractivity contribution in [3.63, 3.8) is 0 Å². The maximum atomic E-state index is 12.3. The normalized spacial score (nSPS) is 11.5. The first kappa shape index (κ1) is 14.6. The van der Waals surface area contributed by atoms with Gasteiger partial charge in [0.1, 0.15) is 6.33 Å². The summed E-state index contributed by atoms with van der Waals surface area (Å²) in [5, 5.41) is 0. The highest BCUT2D eigenvalue weighted by molar-refractivity contribution is 7.89. The Morgan fingerprint density at radius 2 is 2.10 bits per heavy atom. The quantitative estimate of drug-likeness (QED) is 0.846. The molecule has 0 aliphatic heterocycles. The van der Waals surface area contributed by atoms with Gasteiger partial charge in [-0.1, -0.05) is 12.1 Å². The van der Waals surface area contributed by atoms with Gasteiger partial charge in [0, 0.05) is 12.7 Å². The second-order valence-electron chi connectivity index (χ2n) is 4.27. The first-order valence-electron chi connectivity index (χ1n) is 6.07. The fourth-order valence-electron chi connectivity index (χ4n) is 1.84. The Bertz CT molecular complexity index is 687. The molecule has 0 radical (unpaired) electrons. The van der Waals surface area contributed by atoms with E-state index in [1.54, 1.807) is 31.3 Å². The minimum absolute atomic E-state index is 0.122. The second kappa shape index (κ2) is 6.08. The molecule has 3 N–H and O–H groups in total. The number of hydrogen-bond acceptors (Lipinski definition) is 5. The van der Waals surface area contributed by atoms with E-state index in [1.807, 2.05) is 6.07 Å². The van der Waals surface area contributed by atoms with Gasteiger partial charge in [-0.2, -0.15) is 0 Å². The molecule has 0 saturated carbocycles. The molecule has 7 heteroatoms. The minimum Gasteiger partial charge on any atom is -0.326 e. The minimum atomic E-state index is -3.59. The first-order valence-corrected chi connectivity index (χ1v) is 7.56. The van der Waals surface area contributed by atoms with Gasteiger partial charge in [-0.15, -0.1) is 0 Å². The molecule has 0 aliphatic rings. The van der Waals surface area contributed by atoms with Crippen molar-refractivity contribution in [3.8, 4) is 0 Å². The van der Waals surface area contributed by atoms with Gasteiger partial charge < -0.3 is 5.73 Å². The third-order valence-corrected chi connectivity index (χ3v) is 4.54. The fraction of sp³-hybridized carbons (Fsp3) is 0.231. The van der Waals surface area contributed by atoms with Gasteiger partial charge in [-0.05, 0) is 30.2 Å². The molecule has 0 spiro atoms. The summed E-state index contributed by atoms with van der Waals surface area (Å²) in [6, 6.07) is 6.73. The third-order valence-electron chi connectivity index (χ3n) is 2.99. The van der Waals surface area contributed by atoms with Crippen LogP contribution in [0.3, 0.4) is 0 Å². The van der Waals surface area contributed by atoms with Gasteiger partial charge in [-0.25, -0.2) is 23.1 Å². The zero-order valence-corrected chi connectivity index (χ0v) is 11.9. The molecule has 0 amide bonds. The van der Waals surface area contributed by atoms with Gasteiger partial charge in [0.05, 0.1) is 17.1 Å². The number of nitrogens with zero attached hydrogens (tertiary/aromatic N) is 2. The topological polar surface area (TPSA) is 98.0 Å². The van der Waals surface area contributed by atoms with Crippen molar-refractivity contribution in [1.29, 1.82) is 0 Å². The van der Waals surface area contributed by atoms with Crippen LogP contribution in [0.2, 0.25) is 0 Å². The number of sulfonamides is 1. The summed E-state index contributed by atoms with van der Waals surface area (Å²) in [4.78, 5) is 8.00. The van der Waals surface area contributed by atoms with E-state index in [1.165, 1.54) is 6.33 Å². The molecule has 0 bridgehead atoms. The lowest BCUT2D eigenvalue weighted by Gasteiger charge is -2.11. The van der Waals surface area contributed by atoms with Crippen LogP contribution in [0.25, 0.3) is 0 Å². The van der Waals surface area contributed by atoms with Crippen molar-refractivity contribution in [2.45, 2.75) is 24.9 Å². The van der Waals surface area contributed by atoms with Crippen LogP contribution in [0, 0.1) is 6.92 Å². The number of nitrogens with one attached hydrogen (secondary N) is 1. The van der Waals surface area contributed by atoms with Crippen LogP contribution in [-0.4, -0.2) is 18.4 Å². The van der Waals surface area contributed by atoms with Crippen LogP contribution in [0.4, 0.5) is 0 Å². The molecule has 6 nitrogen and oxygen atoms in total. The Labute approximate surface area is 118 Å². The third kappa shape index (κ3) is 3.19. The summed E-state index contributed by atoms with van der Waals surface area (Å²) in [5.41, 5.74) is 7.69. The first-order chi connectivity index (χ1) is 9.54. The van der Waals surface area contributed by atoms with Gasteiger partial charge in [0.25, 0.3) is 0 Å². The molecular weight excluding hydrogens is 276 g/mol. The summed E-state index contributed by atoms with van der Waals surface area (Å²) in [6.45, 7) is 2.18. The van der Waals surface area contributed by atoms with Crippen molar-refractivity contribution < 1.29 is 8.42 Å². The van der Waals surface area contributed by atoms with E-state index in [0.29, 0.717) is 17.8 Å². The number of hydrogen-bond donors (Lipinski definition) is 2. The summed E-state index contributed by atoms with van der Waals surface area (Å²) < 4.78 is 27.1. The van der Waals surface area contributed by atoms with E-state index >= 15 is 0 Å². The molecule has 20 heavy (non-hydrogen) atoms. The SMILES string of the molecule is Cc1c(CN)cccc1S(=O)(=O)NCc1ccncn1. The van der Waals surface area contributed by atoms with Crippen LogP contribution < -0.4 is 10.5 Å². The molecule has 2 rings (SSSR count). The van der Waals surface area contributed by atoms with Crippen LogP contribution in [0.5, 0.6) is 0 Å². The maximum Gasteiger partial charge on any atom is 0.241 e. The Kier molecular flexibility index (Phi) is 4.43. The Morgan fingerprint density at radius 1 is 1.30 bits per heavy atom. The van der Waals surface area contributed by atoms with E-state index in [-0.39, 0.29) is 11.4 Å². The number of nitrogens with two attached hydrogens (primary N) is 1. The average molecular weight is 292 g/mol. The molecule has 0 unspecified atom stereocenters. The highest BCUT2D eigenvalue weighted by atomic mass is 32.2. The van der Waals surface area contributed by atoms with Crippen molar-refractivity contribution in [1.82, 2.24) is 14.7 Å². The van der Waals surface area contributed by atoms with E-state index in [2.05, 4.69) is 14.7 Å². The van der Waals surface area contributed by atoms with Crippen molar-refractivity contribution in [3.05, 3.63) is 53.6 Å². The van der Waals surface area contributed by atoms with Crippen LogP contribution in [0.15, 0.2) is 41.7 Å². The molecule has 0 atom stereocenters. The largest absolute Gasteiger partial charge is 0.326 e. The summed E-state index contributed by atoms with van der Waals surface area (Å²) in [6.07, 6.45) is 2.95. The van der Waals surface area contributed by atoms with E-state index in [9.17, 15) is 8.42 Å². The molecule has 1 aromatic heterocycles. The van der Waals surface area contributed by atoms with Crippen molar-refractivity contribution in [2.24, 2.45) is 5.73 Å². The molecule has 106 valence electrons. The summed E-state index contributed by atoms with van der Waals surface area (Å²) in [7, 11) is -3.59. The zero-order chi connectivity index (χ0) is 14.6. The molecular formula is C13H16N4O2S. The van der Waals surface area contributed by atoms with E-state index in [4.69, 9.17) is 5.73 Å².